The van der Waals surface area contributed by atoms with Gasteiger partial charge in [0.2, 0.25) is 10.0 Å². The van der Waals surface area contributed by atoms with Gasteiger partial charge in [0.1, 0.15) is 0 Å². The van der Waals surface area contributed by atoms with E-state index in [1.54, 1.807) is 19.9 Å². The van der Waals surface area contributed by atoms with E-state index < -0.39 is 15.3 Å². The Hall–Kier alpha value is -1.58. The van der Waals surface area contributed by atoms with E-state index in [0.717, 1.165) is 38.0 Å². The molecule has 0 atom stereocenters. The summed E-state index contributed by atoms with van der Waals surface area (Å²) in [7, 11) is -3.33. The second-order valence-electron chi connectivity index (χ2n) is 9.04. The number of likely N-dealkylation sites (tertiary alicyclic amines) is 1. The van der Waals surface area contributed by atoms with Gasteiger partial charge in [-0.3, -0.25) is 9.62 Å². The van der Waals surface area contributed by atoms with Crippen LogP contribution < -0.4 is 4.72 Å². The van der Waals surface area contributed by atoms with Crippen molar-refractivity contribution < 1.29 is 8.42 Å². The van der Waals surface area contributed by atoms with E-state index in [1.165, 1.54) is 0 Å². The first kappa shape index (κ1) is 21.7. The van der Waals surface area contributed by atoms with Gasteiger partial charge in [0.05, 0.1) is 11.3 Å². The molecule has 1 aliphatic heterocycles. The van der Waals surface area contributed by atoms with Gasteiger partial charge < -0.3 is 0 Å². The Balaban J connectivity index is 2.04. The number of piperidine rings is 1. The zero-order valence-corrected chi connectivity index (χ0v) is 18.1. The topological polar surface area (TPSA) is 73.2 Å². The summed E-state index contributed by atoms with van der Waals surface area (Å²) in [5.74, 6) is 0. The van der Waals surface area contributed by atoms with Crippen LogP contribution in [0.4, 0.5) is 5.69 Å². The summed E-state index contributed by atoms with van der Waals surface area (Å²) in [6, 6.07) is 10.0. The summed E-state index contributed by atoms with van der Waals surface area (Å²) in [5.41, 5.74) is 1.91. The molecular formula is C21H33N3O2S. The van der Waals surface area contributed by atoms with E-state index in [9.17, 15) is 13.7 Å². The summed E-state index contributed by atoms with van der Waals surface area (Å²) >= 11 is 0. The van der Waals surface area contributed by atoms with Crippen molar-refractivity contribution in [2.45, 2.75) is 65.7 Å². The highest BCUT2D eigenvalue weighted by Crippen LogP contribution is 2.49. The zero-order chi connectivity index (χ0) is 20.3. The molecule has 6 heteroatoms. The van der Waals surface area contributed by atoms with Crippen LogP contribution >= 0.6 is 0 Å². The van der Waals surface area contributed by atoms with Gasteiger partial charge >= 0.3 is 0 Å². The van der Waals surface area contributed by atoms with Crippen LogP contribution in [-0.4, -0.2) is 31.7 Å². The summed E-state index contributed by atoms with van der Waals surface area (Å²) in [5, 5.41) is 8.83. The normalized spacial score (nSPS) is 18.3. The second kappa shape index (κ2) is 8.20. The highest BCUT2D eigenvalue weighted by Gasteiger charge is 2.43. The number of nitrogens with one attached hydrogen (secondary N) is 1. The molecule has 0 unspecified atom stereocenters. The number of nitriles is 1. The van der Waals surface area contributed by atoms with E-state index in [1.807, 2.05) is 18.2 Å². The van der Waals surface area contributed by atoms with Crippen LogP contribution in [0.1, 0.15) is 59.4 Å². The highest BCUT2D eigenvalue weighted by molar-refractivity contribution is 7.93. The zero-order valence-electron chi connectivity index (χ0n) is 17.2. The highest BCUT2D eigenvalue weighted by atomic mass is 32.2. The number of rotatable bonds is 6. The fourth-order valence-corrected chi connectivity index (χ4v) is 4.45. The molecule has 150 valence electrons. The third-order valence-corrected chi connectivity index (χ3v) is 7.80. The number of anilines is 1. The van der Waals surface area contributed by atoms with Crippen LogP contribution in [0.2, 0.25) is 0 Å². The minimum atomic E-state index is -3.33. The summed E-state index contributed by atoms with van der Waals surface area (Å²) in [6.07, 6.45) is 2.64. The smallest absolute Gasteiger partial charge is 0.235 e. The molecule has 27 heavy (non-hydrogen) atoms. The van der Waals surface area contributed by atoms with Crippen molar-refractivity contribution >= 4 is 15.7 Å². The summed E-state index contributed by atoms with van der Waals surface area (Å²) in [6.45, 7) is 12.8. The maximum atomic E-state index is 12.1. The largest absolute Gasteiger partial charge is 0.299 e. The fraction of sp³-hybridized carbons (Fsp3) is 0.667. The maximum Gasteiger partial charge on any atom is 0.235 e. The summed E-state index contributed by atoms with van der Waals surface area (Å²) in [4.78, 5) is 2.40. The number of sulfonamides is 1. The van der Waals surface area contributed by atoms with E-state index >= 15 is 0 Å². The third-order valence-electron chi connectivity index (χ3n) is 6.04. The monoisotopic (exact) mass is 391 g/mol. The molecule has 1 heterocycles. The van der Waals surface area contributed by atoms with Gasteiger partial charge in [0.15, 0.2) is 0 Å². The first-order valence-corrected chi connectivity index (χ1v) is 11.2. The van der Waals surface area contributed by atoms with Crippen molar-refractivity contribution in [3.05, 3.63) is 29.8 Å². The van der Waals surface area contributed by atoms with E-state index in [0.29, 0.717) is 12.1 Å². The Labute approximate surface area is 164 Å². The first-order chi connectivity index (χ1) is 12.5. The lowest BCUT2D eigenvalue weighted by Gasteiger charge is -2.49. The van der Waals surface area contributed by atoms with Crippen LogP contribution in [-0.2, 0) is 16.6 Å². The lowest BCUT2D eigenvalue weighted by molar-refractivity contribution is 0.00711. The summed E-state index contributed by atoms with van der Waals surface area (Å²) < 4.78 is 26.8. The van der Waals surface area contributed by atoms with E-state index in [4.69, 9.17) is 0 Å². The fourth-order valence-electron chi connectivity index (χ4n) is 3.76. The molecule has 1 N–H and O–H groups in total. The van der Waals surface area contributed by atoms with Gasteiger partial charge in [-0.05, 0) is 68.3 Å². The van der Waals surface area contributed by atoms with Gasteiger partial charge in [0.25, 0.3) is 0 Å². The van der Waals surface area contributed by atoms with E-state index in [-0.39, 0.29) is 10.8 Å². The second-order valence-corrected chi connectivity index (χ2v) is 11.3. The molecule has 0 saturated carbocycles. The lowest BCUT2D eigenvalue weighted by atomic mass is 9.60. The average molecular weight is 392 g/mol. The van der Waals surface area contributed by atoms with Crippen molar-refractivity contribution in [2.24, 2.45) is 10.8 Å². The molecule has 1 aromatic carbocycles. The standard InChI is InChI=1S/C21H33N3O2S/c1-17(2)27(25,26)23-19-8-6-7-18(15-19)16-24-13-10-21(9-12-22,11-14-24)20(3,4)5/h6-8,15,17,23H,9-11,13-14,16H2,1-5H3. The SMILES string of the molecule is CC(C)S(=O)(=O)Nc1cccc(CN2CCC(CC#N)(C(C)(C)C)CC2)c1. The van der Waals surface area contributed by atoms with Gasteiger partial charge in [-0.1, -0.05) is 32.9 Å². The van der Waals surface area contributed by atoms with Crippen molar-refractivity contribution in [3.63, 3.8) is 0 Å². The maximum absolute atomic E-state index is 12.1. The molecule has 0 aliphatic carbocycles. The molecule has 0 radical (unpaired) electrons. The minimum absolute atomic E-state index is 0.0764. The van der Waals surface area contributed by atoms with Crippen LogP contribution in [0.15, 0.2) is 24.3 Å². The molecule has 1 aliphatic rings. The predicted molar refractivity (Wildman–Crippen MR) is 111 cm³/mol. The van der Waals surface area contributed by atoms with Crippen LogP contribution in [0.3, 0.4) is 0 Å². The number of hydrogen-bond acceptors (Lipinski definition) is 4. The van der Waals surface area contributed by atoms with Crippen LogP contribution in [0.5, 0.6) is 0 Å². The number of nitrogens with zero attached hydrogens (tertiary/aromatic N) is 2. The van der Waals surface area contributed by atoms with Gasteiger partial charge in [-0.2, -0.15) is 5.26 Å². The van der Waals surface area contributed by atoms with Crippen molar-refractivity contribution in [1.29, 1.82) is 5.26 Å². The van der Waals surface area contributed by atoms with Crippen molar-refractivity contribution in [1.82, 2.24) is 4.90 Å². The lowest BCUT2D eigenvalue weighted by Crippen LogP contribution is -2.46. The quantitative estimate of drug-likeness (QED) is 0.781. The van der Waals surface area contributed by atoms with Crippen LogP contribution in [0, 0.1) is 22.2 Å². The first-order valence-electron chi connectivity index (χ1n) is 9.69. The van der Waals surface area contributed by atoms with Gasteiger partial charge in [-0.25, -0.2) is 8.42 Å². The Kier molecular flexibility index (Phi) is 6.59. The molecule has 2 rings (SSSR count). The Bertz CT molecular complexity index is 780. The average Bonchev–Trinajstić information content (AvgIpc) is 2.56. The Morgan fingerprint density at radius 1 is 1.26 bits per heavy atom. The molecule has 5 nitrogen and oxygen atoms in total. The molecule has 1 fully saturated rings. The molecule has 1 saturated heterocycles. The molecule has 0 aromatic heterocycles. The van der Waals surface area contributed by atoms with Crippen LogP contribution in [0.25, 0.3) is 0 Å². The van der Waals surface area contributed by atoms with Crippen molar-refractivity contribution in [3.8, 4) is 6.07 Å². The van der Waals surface area contributed by atoms with Gasteiger partial charge in [0, 0.05) is 18.7 Å². The Morgan fingerprint density at radius 2 is 1.89 bits per heavy atom. The molecule has 0 spiro atoms. The molecular weight excluding hydrogens is 358 g/mol. The van der Waals surface area contributed by atoms with Crippen molar-refractivity contribution in [2.75, 3.05) is 17.8 Å². The Morgan fingerprint density at radius 3 is 2.41 bits per heavy atom. The number of benzene rings is 1. The van der Waals surface area contributed by atoms with E-state index in [2.05, 4.69) is 36.5 Å². The molecule has 0 amide bonds. The van der Waals surface area contributed by atoms with Gasteiger partial charge in [-0.15, -0.1) is 0 Å². The number of hydrogen-bond donors (Lipinski definition) is 1. The predicted octanol–water partition coefficient (Wildman–Crippen LogP) is 4.38. The minimum Gasteiger partial charge on any atom is -0.299 e. The molecule has 1 aromatic rings. The molecule has 0 bridgehead atoms. The third kappa shape index (κ3) is 5.24.